The van der Waals surface area contributed by atoms with Crippen LogP contribution < -0.4 is 0 Å². The second-order valence-electron chi connectivity index (χ2n) is 7.33. The van der Waals surface area contributed by atoms with Crippen molar-refractivity contribution in [2.45, 2.75) is 89.0 Å². The van der Waals surface area contributed by atoms with Crippen molar-refractivity contribution in [3.8, 4) is 0 Å². The highest BCUT2D eigenvalue weighted by Crippen LogP contribution is 2.44. The summed E-state index contributed by atoms with van der Waals surface area (Å²) in [6.45, 7) is 2.43. The van der Waals surface area contributed by atoms with Crippen molar-refractivity contribution in [1.82, 2.24) is 9.80 Å². The SMILES string of the molecule is C[C@@H]1C[C@@H]2C[C@@H]3CCCC(=O)N3[C@H]3CCC[C@@H](C1)N23. The highest BCUT2D eigenvalue weighted by Gasteiger charge is 2.50. The zero-order chi connectivity index (χ0) is 13.0. The van der Waals surface area contributed by atoms with Crippen LogP contribution in [0.5, 0.6) is 0 Å². The summed E-state index contributed by atoms with van der Waals surface area (Å²) < 4.78 is 0. The van der Waals surface area contributed by atoms with Crippen LogP contribution in [0.15, 0.2) is 0 Å². The molecule has 0 spiro atoms. The molecule has 5 atom stereocenters. The lowest BCUT2D eigenvalue weighted by atomic mass is 9.76. The lowest BCUT2D eigenvalue weighted by molar-refractivity contribution is -0.171. The van der Waals surface area contributed by atoms with Crippen LogP contribution >= 0.6 is 0 Å². The van der Waals surface area contributed by atoms with Gasteiger partial charge in [-0.05, 0) is 57.3 Å². The van der Waals surface area contributed by atoms with Gasteiger partial charge in [0.25, 0.3) is 0 Å². The van der Waals surface area contributed by atoms with Crippen LogP contribution in [0.25, 0.3) is 0 Å². The van der Waals surface area contributed by atoms with Gasteiger partial charge in [-0.1, -0.05) is 6.92 Å². The Hall–Kier alpha value is -0.570. The summed E-state index contributed by atoms with van der Waals surface area (Å²) in [5.74, 6) is 1.33. The number of fused-ring (bicyclic) bond motifs is 2. The van der Waals surface area contributed by atoms with E-state index in [0.717, 1.165) is 30.8 Å². The van der Waals surface area contributed by atoms with E-state index in [1.807, 2.05) is 0 Å². The number of amides is 1. The van der Waals surface area contributed by atoms with Crippen molar-refractivity contribution in [2.75, 3.05) is 0 Å². The number of carbonyl (C=O) groups is 1. The average molecular weight is 262 g/mol. The van der Waals surface area contributed by atoms with Gasteiger partial charge in [0, 0.05) is 24.5 Å². The van der Waals surface area contributed by atoms with Crippen LogP contribution in [-0.2, 0) is 4.79 Å². The van der Waals surface area contributed by atoms with Gasteiger partial charge in [0.05, 0.1) is 6.17 Å². The van der Waals surface area contributed by atoms with Gasteiger partial charge in [-0.15, -0.1) is 0 Å². The van der Waals surface area contributed by atoms with Crippen molar-refractivity contribution < 1.29 is 4.79 Å². The molecule has 106 valence electrons. The van der Waals surface area contributed by atoms with Gasteiger partial charge < -0.3 is 4.90 Å². The molecule has 4 aliphatic heterocycles. The smallest absolute Gasteiger partial charge is 0.224 e. The first-order chi connectivity index (χ1) is 9.24. The third-order valence-corrected chi connectivity index (χ3v) is 6.01. The number of hydrogen-bond donors (Lipinski definition) is 0. The van der Waals surface area contributed by atoms with E-state index in [1.165, 1.54) is 44.9 Å². The van der Waals surface area contributed by atoms with Crippen molar-refractivity contribution >= 4 is 5.91 Å². The Morgan fingerprint density at radius 3 is 2.63 bits per heavy atom. The number of piperidine rings is 3. The molecule has 4 heterocycles. The predicted octanol–water partition coefficient (Wildman–Crippen LogP) is 2.75. The molecule has 4 aliphatic rings. The summed E-state index contributed by atoms with van der Waals surface area (Å²) in [7, 11) is 0. The van der Waals surface area contributed by atoms with Crippen molar-refractivity contribution in [3.05, 3.63) is 0 Å². The largest absolute Gasteiger partial charge is 0.324 e. The molecule has 4 fully saturated rings. The summed E-state index contributed by atoms with van der Waals surface area (Å²) in [4.78, 5) is 17.4. The molecule has 0 bridgehead atoms. The summed E-state index contributed by atoms with van der Waals surface area (Å²) in [5.41, 5.74) is 0. The maximum absolute atomic E-state index is 12.4. The first kappa shape index (κ1) is 12.2. The Bertz CT molecular complexity index is 383. The molecule has 0 aromatic heterocycles. The first-order valence-electron chi connectivity index (χ1n) is 8.32. The van der Waals surface area contributed by atoms with Gasteiger partial charge in [-0.3, -0.25) is 9.69 Å². The van der Waals surface area contributed by atoms with Crippen LogP contribution in [0, 0.1) is 5.92 Å². The molecule has 0 saturated carbocycles. The fraction of sp³-hybridized carbons (Fsp3) is 0.938. The zero-order valence-corrected chi connectivity index (χ0v) is 12.1. The van der Waals surface area contributed by atoms with E-state index < -0.39 is 0 Å². The third-order valence-electron chi connectivity index (χ3n) is 6.01. The summed E-state index contributed by atoms with van der Waals surface area (Å²) in [6.07, 6.45) is 11.5. The predicted molar refractivity (Wildman–Crippen MR) is 74.6 cm³/mol. The monoisotopic (exact) mass is 262 g/mol. The maximum atomic E-state index is 12.4. The molecule has 3 heteroatoms. The third kappa shape index (κ3) is 1.84. The average Bonchev–Trinajstić information content (AvgIpc) is 2.38. The Labute approximate surface area is 116 Å². The summed E-state index contributed by atoms with van der Waals surface area (Å²) in [6, 6.07) is 2.10. The Morgan fingerprint density at radius 1 is 0.947 bits per heavy atom. The fourth-order valence-electron chi connectivity index (χ4n) is 5.42. The molecular formula is C16H26N2O. The number of hydrogen-bond acceptors (Lipinski definition) is 2. The van der Waals surface area contributed by atoms with Crippen LogP contribution in [0.4, 0.5) is 0 Å². The normalized spacial score (nSPS) is 46.7. The van der Waals surface area contributed by atoms with E-state index in [4.69, 9.17) is 0 Å². The molecule has 0 N–H and O–H groups in total. The Morgan fingerprint density at radius 2 is 1.74 bits per heavy atom. The maximum Gasteiger partial charge on any atom is 0.224 e. The molecule has 4 rings (SSSR count). The molecule has 1 amide bonds. The van der Waals surface area contributed by atoms with Crippen molar-refractivity contribution in [1.29, 1.82) is 0 Å². The van der Waals surface area contributed by atoms with E-state index in [2.05, 4.69) is 16.7 Å². The molecule has 19 heavy (non-hydrogen) atoms. The van der Waals surface area contributed by atoms with Gasteiger partial charge >= 0.3 is 0 Å². The highest BCUT2D eigenvalue weighted by molar-refractivity contribution is 5.77. The van der Waals surface area contributed by atoms with Crippen molar-refractivity contribution in [3.63, 3.8) is 0 Å². The minimum absolute atomic E-state index is 0.443. The van der Waals surface area contributed by atoms with Gasteiger partial charge in [-0.25, -0.2) is 0 Å². The molecular weight excluding hydrogens is 236 g/mol. The van der Waals surface area contributed by atoms with E-state index in [9.17, 15) is 4.79 Å². The minimum atomic E-state index is 0.443. The van der Waals surface area contributed by atoms with E-state index in [1.54, 1.807) is 0 Å². The number of carbonyl (C=O) groups excluding carboxylic acids is 1. The lowest BCUT2D eigenvalue weighted by Crippen LogP contribution is -2.69. The highest BCUT2D eigenvalue weighted by atomic mass is 16.2. The van der Waals surface area contributed by atoms with E-state index >= 15 is 0 Å². The first-order valence-corrected chi connectivity index (χ1v) is 8.32. The molecule has 4 saturated heterocycles. The Balaban J connectivity index is 1.66. The van der Waals surface area contributed by atoms with Crippen LogP contribution in [0.2, 0.25) is 0 Å². The van der Waals surface area contributed by atoms with Gasteiger partial charge in [0.15, 0.2) is 0 Å². The molecule has 0 unspecified atom stereocenters. The second kappa shape index (κ2) is 4.47. The van der Waals surface area contributed by atoms with Gasteiger partial charge in [0.1, 0.15) is 0 Å². The van der Waals surface area contributed by atoms with E-state index in [0.29, 0.717) is 18.1 Å². The topological polar surface area (TPSA) is 23.6 Å². The van der Waals surface area contributed by atoms with Gasteiger partial charge in [0.2, 0.25) is 5.91 Å². The second-order valence-corrected chi connectivity index (χ2v) is 7.33. The number of rotatable bonds is 0. The van der Waals surface area contributed by atoms with Crippen LogP contribution in [0.1, 0.15) is 64.7 Å². The Kier molecular flexibility index (Phi) is 2.87. The zero-order valence-electron chi connectivity index (χ0n) is 12.1. The minimum Gasteiger partial charge on any atom is -0.324 e. The standard InChI is InChI=1S/C16H26N2O/c1-11-8-12-4-2-6-15-17(12)14(9-11)10-13-5-3-7-16(19)18(13)15/h11-15H,2-10H2,1H3/t11-,12-,13-,14+,15-/m0/s1. The van der Waals surface area contributed by atoms with E-state index in [-0.39, 0.29) is 0 Å². The molecule has 0 radical (unpaired) electrons. The summed E-state index contributed by atoms with van der Waals surface area (Å²) in [5, 5.41) is 0. The number of nitrogens with zero attached hydrogens (tertiary/aromatic N) is 2. The molecule has 3 nitrogen and oxygen atoms in total. The van der Waals surface area contributed by atoms with Gasteiger partial charge in [-0.2, -0.15) is 0 Å². The van der Waals surface area contributed by atoms with Crippen LogP contribution in [0.3, 0.4) is 0 Å². The quantitative estimate of drug-likeness (QED) is 0.670. The summed E-state index contributed by atoms with van der Waals surface area (Å²) >= 11 is 0. The molecule has 0 aliphatic carbocycles. The lowest BCUT2D eigenvalue weighted by Gasteiger charge is -2.60. The van der Waals surface area contributed by atoms with Crippen molar-refractivity contribution in [2.24, 2.45) is 5.92 Å². The molecule has 0 aromatic carbocycles. The van der Waals surface area contributed by atoms with Crippen LogP contribution in [-0.4, -0.2) is 40.0 Å². The molecule has 0 aromatic rings. The fourth-order valence-corrected chi connectivity index (χ4v) is 5.42.